The molecule has 0 rings (SSSR count). The summed E-state index contributed by atoms with van der Waals surface area (Å²) in [6, 6.07) is 0. The predicted octanol–water partition coefficient (Wildman–Crippen LogP) is 6.23. The van der Waals surface area contributed by atoms with E-state index in [0.717, 1.165) is 110 Å². The molecule has 0 aliphatic carbocycles. The van der Waals surface area contributed by atoms with Gasteiger partial charge in [-0.3, -0.25) is 0 Å². The van der Waals surface area contributed by atoms with Crippen LogP contribution in [0.5, 0.6) is 0 Å². The fourth-order valence-corrected chi connectivity index (χ4v) is 9.50. The fraction of sp³-hybridized carbons (Fsp3) is 1.00. The molecule has 0 heterocycles. The molecule has 8 heteroatoms. The zero-order chi connectivity index (χ0) is 24.1. The molecule has 0 aliphatic rings. The quantitative estimate of drug-likeness (QED) is 0.115. The molecule has 0 atom stereocenters. The first-order valence-electron chi connectivity index (χ1n) is 13.4. The first-order valence-corrected chi connectivity index (χ1v) is 17.8. The zero-order valence-electron chi connectivity index (χ0n) is 22.5. The van der Waals surface area contributed by atoms with Crippen LogP contribution in [0, 0.1) is 0 Å². The Labute approximate surface area is 201 Å². The summed E-state index contributed by atoms with van der Waals surface area (Å²) >= 11 is 0. The number of hydrogen-bond donors (Lipinski definition) is 0. The summed E-state index contributed by atoms with van der Waals surface area (Å²) in [5, 5.41) is 0. The average Bonchev–Trinajstić information content (AvgIpc) is 2.83. The van der Waals surface area contributed by atoms with Gasteiger partial charge in [-0.1, -0.05) is 0 Å². The molecule has 0 aromatic rings. The van der Waals surface area contributed by atoms with Crippen LogP contribution in [0.2, 0.25) is 0 Å². The Hall–Kier alpha value is 0.620. The summed E-state index contributed by atoms with van der Waals surface area (Å²) in [4.78, 5) is 2.53. The normalized spacial score (nSPS) is 13.8. The van der Waals surface area contributed by atoms with Gasteiger partial charge in [0.25, 0.3) is 0 Å². The summed E-state index contributed by atoms with van der Waals surface area (Å²) < 4.78 is 31.3. The molecule has 0 spiro atoms. The zero-order valence-corrected chi connectivity index (χ0v) is 24.5. The molecule has 0 saturated heterocycles. The summed E-state index contributed by atoms with van der Waals surface area (Å²) in [6.45, 7) is 22.8. The molecule has 0 fully saturated rings. The molecule has 0 aliphatic heterocycles. The van der Waals surface area contributed by atoms with Crippen molar-refractivity contribution in [3.63, 3.8) is 0 Å². The predicted molar refractivity (Wildman–Crippen MR) is 145 cm³/mol. The van der Waals surface area contributed by atoms with E-state index in [1.54, 1.807) is 0 Å². The van der Waals surface area contributed by atoms with Crippen molar-refractivity contribution in [2.24, 2.45) is 0 Å². The van der Waals surface area contributed by atoms with Crippen LogP contribution >= 0.6 is 15.4 Å². The van der Waals surface area contributed by atoms with Crippen LogP contribution in [0.15, 0.2) is 0 Å². The maximum absolute atomic E-state index is 6.40. The Morgan fingerprint density at radius 3 is 1.16 bits per heavy atom. The van der Waals surface area contributed by atoms with Gasteiger partial charge in [-0.05, 0) is 0 Å². The third-order valence-corrected chi connectivity index (χ3v) is 12.8. The molecule has 0 N–H and O–H groups in total. The van der Waals surface area contributed by atoms with Gasteiger partial charge >= 0.3 is 201 Å². The van der Waals surface area contributed by atoms with Gasteiger partial charge in [0.1, 0.15) is 0 Å². The van der Waals surface area contributed by atoms with E-state index >= 15 is 0 Å². The molecule has 32 heavy (non-hydrogen) atoms. The standard InChI is InChI=1S/C24H57NO5P2/c1-8-18-27-31(13-6,28-19-9-2)23-16-25(15-22-26-12-5)17-24-32(14-7,29-20-10-3)30-21-11-4/h31-32H,8-24H2,1-7H3. The second kappa shape index (κ2) is 20.9. The van der Waals surface area contributed by atoms with Crippen LogP contribution in [0.25, 0.3) is 0 Å². The molecule has 0 saturated carbocycles. The van der Waals surface area contributed by atoms with Gasteiger partial charge in [-0.25, -0.2) is 0 Å². The summed E-state index contributed by atoms with van der Waals surface area (Å²) in [6.07, 6.45) is 8.14. The molecule has 0 aromatic heterocycles. The topological polar surface area (TPSA) is 49.4 Å². The van der Waals surface area contributed by atoms with Crippen molar-refractivity contribution in [2.75, 3.05) is 83.9 Å². The third kappa shape index (κ3) is 14.1. The second-order valence-electron chi connectivity index (χ2n) is 8.46. The monoisotopic (exact) mass is 501 g/mol. The van der Waals surface area contributed by atoms with Crippen molar-refractivity contribution >= 4 is 15.4 Å². The summed E-state index contributed by atoms with van der Waals surface area (Å²) in [5.74, 6) is 0. The van der Waals surface area contributed by atoms with E-state index in [1.165, 1.54) is 0 Å². The van der Waals surface area contributed by atoms with Gasteiger partial charge < -0.3 is 0 Å². The van der Waals surface area contributed by atoms with Crippen molar-refractivity contribution in [1.29, 1.82) is 0 Å². The van der Waals surface area contributed by atoms with E-state index in [0.29, 0.717) is 0 Å². The first kappa shape index (κ1) is 32.6. The van der Waals surface area contributed by atoms with Crippen LogP contribution in [-0.2, 0) is 22.8 Å². The van der Waals surface area contributed by atoms with Gasteiger partial charge in [-0.15, -0.1) is 0 Å². The Balaban J connectivity index is 5.24. The number of ether oxygens (including phenoxy) is 1. The van der Waals surface area contributed by atoms with Crippen molar-refractivity contribution in [3.05, 3.63) is 0 Å². The molecule has 0 amide bonds. The SMILES string of the molecule is CCCO[PH](CC)(CCN(CCOCC)CC[PH](CC)(OCCC)OCCC)OCCC. The molecule has 6 nitrogen and oxygen atoms in total. The van der Waals surface area contributed by atoms with Crippen LogP contribution in [0.1, 0.15) is 74.1 Å². The van der Waals surface area contributed by atoms with Gasteiger partial charge in [0.15, 0.2) is 0 Å². The molecule has 0 aromatic carbocycles. The molecule has 0 bridgehead atoms. The van der Waals surface area contributed by atoms with Crippen molar-refractivity contribution in [1.82, 2.24) is 4.90 Å². The fourth-order valence-electron chi connectivity index (χ4n) is 3.62. The average molecular weight is 502 g/mol. The second-order valence-corrected chi connectivity index (χ2v) is 15.7. The minimum absolute atomic E-state index is 0.758. The number of rotatable bonds is 24. The van der Waals surface area contributed by atoms with Crippen LogP contribution in [0.4, 0.5) is 0 Å². The van der Waals surface area contributed by atoms with E-state index < -0.39 is 15.4 Å². The van der Waals surface area contributed by atoms with Crippen molar-refractivity contribution < 1.29 is 22.8 Å². The maximum atomic E-state index is 6.40. The van der Waals surface area contributed by atoms with Gasteiger partial charge in [0, 0.05) is 0 Å². The molecule has 0 unspecified atom stereocenters. The Bertz CT molecular complexity index is 370. The van der Waals surface area contributed by atoms with Gasteiger partial charge in [0.2, 0.25) is 0 Å². The van der Waals surface area contributed by atoms with E-state index in [4.69, 9.17) is 22.8 Å². The molecule has 198 valence electrons. The van der Waals surface area contributed by atoms with E-state index in [2.05, 4.69) is 53.4 Å². The number of nitrogens with zero attached hydrogens (tertiary/aromatic N) is 1. The van der Waals surface area contributed by atoms with Crippen molar-refractivity contribution in [3.8, 4) is 0 Å². The first-order chi connectivity index (χ1) is 15.5. The van der Waals surface area contributed by atoms with E-state index in [-0.39, 0.29) is 0 Å². The van der Waals surface area contributed by atoms with Crippen LogP contribution in [-0.4, -0.2) is 88.8 Å². The number of hydrogen-bond acceptors (Lipinski definition) is 6. The van der Waals surface area contributed by atoms with Gasteiger partial charge in [-0.2, -0.15) is 0 Å². The Kier molecular flexibility index (Phi) is 21.4. The minimum atomic E-state index is -2.18. The van der Waals surface area contributed by atoms with Crippen LogP contribution < -0.4 is 0 Å². The molecular formula is C24H57NO5P2. The summed E-state index contributed by atoms with van der Waals surface area (Å²) in [7, 11) is -4.36. The Morgan fingerprint density at radius 1 is 0.500 bits per heavy atom. The summed E-state index contributed by atoms with van der Waals surface area (Å²) in [5.41, 5.74) is 0. The third-order valence-electron chi connectivity index (χ3n) is 5.73. The van der Waals surface area contributed by atoms with Gasteiger partial charge in [0.05, 0.1) is 0 Å². The Morgan fingerprint density at radius 2 is 0.875 bits per heavy atom. The molecular weight excluding hydrogens is 444 g/mol. The van der Waals surface area contributed by atoms with E-state index in [1.807, 2.05) is 0 Å². The van der Waals surface area contributed by atoms with Crippen LogP contribution in [0.3, 0.4) is 0 Å². The van der Waals surface area contributed by atoms with Crippen molar-refractivity contribution in [2.45, 2.75) is 74.1 Å². The van der Waals surface area contributed by atoms with E-state index in [9.17, 15) is 0 Å². The molecule has 0 radical (unpaired) electrons.